The highest BCUT2D eigenvalue weighted by molar-refractivity contribution is 5.79. The van der Waals surface area contributed by atoms with Crippen molar-refractivity contribution >= 4 is 11.6 Å². The van der Waals surface area contributed by atoms with Gasteiger partial charge in [-0.1, -0.05) is 18.2 Å². The smallest absolute Gasteiger partial charge is 0.387 e. The maximum absolute atomic E-state index is 12.2. The zero-order chi connectivity index (χ0) is 20.1. The number of imidazole rings is 1. The van der Waals surface area contributed by atoms with Crippen molar-refractivity contribution in [2.24, 2.45) is 4.99 Å². The monoisotopic (exact) mass is 387 g/mol. The minimum atomic E-state index is -2.82. The second-order valence-electron chi connectivity index (χ2n) is 6.41. The highest BCUT2D eigenvalue weighted by Crippen LogP contribution is 2.16. The van der Waals surface area contributed by atoms with Gasteiger partial charge in [-0.2, -0.15) is 8.78 Å². The van der Waals surface area contributed by atoms with Gasteiger partial charge >= 0.3 is 6.61 Å². The maximum atomic E-state index is 12.2. The molecule has 2 aromatic heterocycles. The number of hydrogen-bond donors (Lipinski definition) is 1. The minimum Gasteiger partial charge on any atom is -0.435 e. The number of guanidine groups is 1. The summed E-state index contributed by atoms with van der Waals surface area (Å²) in [6.45, 7) is 0.328. The second-order valence-corrected chi connectivity index (χ2v) is 6.41. The number of rotatable bonds is 6. The van der Waals surface area contributed by atoms with E-state index in [4.69, 9.17) is 0 Å². The number of aromatic nitrogens is 2. The van der Waals surface area contributed by atoms with Gasteiger partial charge in [-0.05, 0) is 36.8 Å². The van der Waals surface area contributed by atoms with E-state index in [9.17, 15) is 8.78 Å². The van der Waals surface area contributed by atoms with E-state index >= 15 is 0 Å². The molecule has 28 heavy (non-hydrogen) atoms. The van der Waals surface area contributed by atoms with Gasteiger partial charge in [0.25, 0.3) is 0 Å². The first-order valence-electron chi connectivity index (χ1n) is 8.85. The quantitative estimate of drug-likeness (QED) is 0.520. The molecule has 0 saturated carbocycles. The fourth-order valence-corrected chi connectivity index (χ4v) is 2.96. The molecule has 6 nitrogen and oxygen atoms in total. The van der Waals surface area contributed by atoms with Crippen LogP contribution in [0.15, 0.2) is 53.7 Å². The van der Waals surface area contributed by atoms with Crippen LogP contribution in [0.5, 0.6) is 5.75 Å². The molecule has 0 unspecified atom stereocenters. The lowest BCUT2D eigenvalue weighted by Gasteiger charge is -2.22. The Bertz CT molecular complexity index is 953. The van der Waals surface area contributed by atoms with Crippen molar-refractivity contribution in [2.45, 2.75) is 26.6 Å². The summed E-state index contributed by atoms with van der Waals surface area (Å²) in [5.41, 5.74) is 3.90. The molecule has 3 aromatic rings. The Morgan fingerprint density at radius 2 is 2.00 bits per heavy atom. The normalized spacial score (nSPS) is 11.9. The number of alkyl halides is 2. The molecular formula is C20H23F2N5O. The summed E-state index contributed by atoms with van der Waals surface area (Å²) in [5.74, 6) is 0.854. The lowest BCUT2D eigenvalue weighted by molar-refractivity contribution is -0.0498. The van der Waals surface area contributed by atoms with E-state index in [2.05, 4.69) is 20.0 Å². The van der Waals surface area contributed by atoms with E-state index in [-0.39, 0.29) is 5.75 Å². The van der Waals surface area contributed by atoms with Crippen molar-refractivity contribution in [2.75, 3.05) is 14.1 Å². The van der Waals surface area contributed by atoms with Gasteiger partial charge < -0.3 is 19.4 Å². The van der Waals surface area contributed by atoms with Gasteiger partial charge in [0.15, 0.2) is 5.96 Å². The number of aliphatic imine (C=N–C) groups is 1. The van der Waals surface area contributed by atoms with Gasteiger partial charge in [-0.15, -0.1) is 0 Å². The molecule has 0 aliphatic rings. The predicted molar refractivity (Wildman–Crippen MR) is 105 cm³/mol. The number of pyridine rings is 1. The van der Waals surface area contributed by atoms with Crippen molar-refractivity contribution in [1.82, 2.24) is 19.6 Å². The summed E-state index contributed by atoms with van der Waals surface area (Å²) in [4.78, 5) is 10.9. The number of nitrogens with zero attached hydrogens (tertiary/aromatic N) is 4. The van der Waals surface area contributed by atoms with Crippen molar-refractivity contribution in [3.63, 3.8) is 0 Å². The number of aryl methyl sites for hydroxylation is 1. The second kappa shape index (κ2) is 8.69. The molecule has 0 atom stereocenters. The summed E-state index contributed by atoms with van der Waals surface area (Å²) >= 11 is 0. The Kier molecular flexibility index (Phi) is 6.08. The number of halogens is 2. The maximum Gasteiger partial charge on any atom is 0.387 e. The number of hydrogen-bond acceptors (Lipinski definition) is 3. The van der Waals surface area contributed by atoms with E-state index in [1.54, 1.807) is 19.2 Å². The van der Waals surface area contributed by atoms with E-state index in [0.717, 1.165) is 22.6 Å². The van der Waals surface area contributed by atoms with E-state index < -0.39 is 6.61 Å². The van der Waals surface area contributed by atoms with Gasteiger partial charge in [-0.3, -0.25) is 4.99 Å². The molecule has 0 aliphatic carbocycles. The molecular weight excluding hydrogens is 364 g/mol. The average molecular weight is 387 g/mol. The lowest BCUT2D eigenvalue weighted by atomic mass is 10.2. The van der Waals surface area contributed by atoms with Crippen LogP contribution in [0, 0.1) is 6.92 Å². The molecule has 148 valence electrons. The predicted octanol–water partition coefficient (Wildman–Crippen LogP) is 3.45. The van der Waals surface area contributed by atoms with Gasteiger partial charge in [0.1, 0.15) is 11.4 Å². The largest absolute Gasteiger partial charge is 0.435 e. The summed E-state index contributed by atoms with van der Waals surface area (Å²) in [6.07, 6.45) is 2.01. The van der Waals surface area contributed by atoms with Crippen LogP contribution in [0.3, 0.4) is 0 Å². The zero-order valence-corrected chi connectivity index (χ0v) is 16.1. The first kappa shape index (κ1) is 19.6. The van der Waals surface area contributed by atoms with Gasteiger partial charge in [0, 0.05) is 32.5 Å². The highest BCUT2D eigenvalue weighted by Gasteiger charge is 2.10. The topological polar surface area (TPSA) is 54.2 Å². The van der Waals surface area contributed by atoms with Crippen molar-refractivity contribution in [3.8, 4) is 5.75 Å². The van der Waals surface area contributed by atoms with Crippen molar-refractivity contribution in [3.05, 3.63) is 65.6 Å². The Balaban J connectivity index is 1.60. The van der Waals surface area contributed by atoms with Gasteiger partial charge in [0.2, 0.25) is 0 Å². The Hall–Kier alpha value is -3.16. The Morgan fingerprint density at radius 1 is 1.25 bits per heavy atom. The van der Waals surface area contributed by atoms with Crippen LogP contribution < -0.4 is 10.1 Å². The van der Waals surface area contributed by atoms with Gasteiger partial charge in [-0.25, -0.2) is 4.98 Å². The molecule has 0 bridgehead atoms. The van der Waals surface area contributed by atoms with Crippen molar-refractivity contribution in [1.29, 1.82) is 0 Å². The number of benzene rings is 1. The fraction of sp³-hybridized carbons (Fsp3) is 0.300. The standard InChI is InChI=1S/C20H23F2N5O/c1-14-5-4-6-18-25-16(13-27(14)18)11-24-20(23-2)26(3)12-15-7-9-17(10-8-15)28-19(21)22/h4-10,13,19H,11-12H2,1-3H3,(H,23,24). The van der Waals surface area contributed by atoms with Crippen molar-refractivity contribution < 1.29 is 13.5 Å². The van der Waals surface area contributed by atoms with Crippen LogP contribution in [0.25, 0.3) is 5.65 Å². The van der Waals surface area contributed by atoms with E-state index in [0.29, 0.717) is 19.0 Å². The van der Waals surface area contributed by atoms with Crippen LogP contribution in [-0.2, 0) is 13.1 Å². The Labute approximate surface area is 162 Å². The molecule has 2 heterocycles. The number of ether oxygens (including phenoxy) is 1. The average Bonchev–Trinajstić information content (AvgIpc) is 3.08. The SMILES string of the molecule is CN=C(NCc1cn2c(C)cccc2n1)N(C)Cc1ccc(OC(F)F)cc1. The number of fused-ring (bicyclic) bond motifs is 1. The molecule has 1 N–H and O–H groups in total. The summed E-state index contributed by atoms with van der Waals surface area (Å²) < 4.78 is 30.9. The van der Waals surface area contributed by atoms with E-state index in [1.165, 1.54) is 12.1 Å². The van der Waals surface area contributed by atoms with Crippen LogP contribution in [0.2, 0.25) is 0 Å². The fourth-order valence-electron chi connectivity index (χ4n) is 2.96. The third-order valence-electron chi connectivity index (χ3n) is 4.32. The molecule has 3 rings (SSSR count). The van der Waals surface area contributed by atoms with E-state index in [1.807, 2.05) is 47.7 Å². The van der Waals surface area contributed by atoms with Crippen LogP contribution in [0.4, 0.5) is 8.78 Å². The Morgan fingerprint density at radius 3 is 2.64 bits per heavy atom. The third kappa shape index (κ3) is 4.76. The molecule has 1 aromatic carbocycles. The summed E-state index contributed by atoms with van der Waals surface area (Å²) in [5, 5.41) is 3.30. The van der Waals surface area contributed by atoms with Gasteiger partial charge in [0.05, 0.1) is 12.2 Å². The molecule has 0 fully saturated rings. The molecule has 0 aliphatic heterocycles. The third-order valence-corrected chi connectivity index (χ3v) is 4.32. The molecule has 8 heteroatoms. The molecule has 0 radical (unpaired) electrons. The van der Waals surface area contributed by atoms with Crippen LogP contribution in [0.1, 0.15) is 17.0 Å². The highest BCUT2D eigenvalue weighted by atomic mass is 19.3. The molecule has 0 spiro atoms. The first-order valence-corrected chi connectivity index (χ1v) is 8.85. The molecule has 0 saturated heterocycles. The number of nitrogens with one attached hydrogen (secondary N) is 1. The van der Waals surface area contributed by atoms with Crippen LogP contribution >= 0.6 is 0 Å². The first-order chi connectivity index (χ1) is 13.5. The minimum absolute atomic E-state index is 0.144. The zero-order valence-electron chi connectivity index (χ0n) is 16.1. The molecule has 0 amide bonds. The summed E-state index contributed by atoms with van der Waals surface area (Å²) in [6, 6.07) is 12.6. The lowest BCUT2D eigenvalue weighted by Crippen LogP contribution is -2.38. The van der Waals surface area contributed by atoms with Crippen LogP contribution in [-0.4, -0.2) is 41.0 Å². The summed E-state index contributed by atoms with van der Waals surface area (Å²) in [7, 11) is 3.62.